The number of hydrogen-bond acceptors (Lipinski definition) is 3. The van der Waals surface area contributed by atoms with Gasteiger partial charge in [-0.2, -0.15) is 0 Å². The summed E-state index contributed by atoms with van der Waals surface area (Å²) in [5.41, 5.74) is 7.10. The number of rotatable bonds is 2. The Bertz CT molecular complexity index is 408. The van der Waals surface area contributed by atoms with Gasteiger partial charge in [0.2, 0.25) is 0 Å². The van der Waals surface area contributed by atoms with Crippen LogP contribution in [-0.4, -0.2) is 42.3 Å². The fraction of sp³-hybridized carbons (Fsp3) is 1.00. The predicted molar refractivity (Wildman–Crippen MR) is 85.1 cm³/mol. The number of fused-ring (bicyclic) bond motifs is 2. The zero-order chi connectivity index (χ0) is 14.7. The van der Waals surface area contributed by atoms with Gasteiger partial charge in [-0.15, -0.1) is 0 Å². The maximum Gasteiger partial charge on any atom is 0.0691 e. The molecule has 0 aromatic heterocycles. The van der Waals surface area contributed by atoms with Gasteiger partial charge in [0.25, 0.3) is 0 Å². The molecule has 4 rings (SSSR count). The first-order chi connectivity index (χ1) is 10.0. The molecule has 120 valence electrons. The van der Waals surface area contributed by atoms with E-state index in [4.69, 9.17) is 10.5 Å². The molecule has 2 heterocycles. The zero-order valence-corrected chi connectivity index (χ0v) is 13.8. The summed E-state index contributed by atoms with van der Waals surface area (Å²) in [5, 5.41) is 0. The summed E-state index contributed by atoms with van der Waals surface area (Å²) < 4.78 is 5.96. The van der Waals surface area contributed by atoms with Gasteiger partial charge in [0.05, 0.1) is 6.10 Å². The third-order valence-electron chi connectivity index (χ3n) is 7.49. The van der Waals surface area contributed by atoms with Crippen LogP contribution in [0.15, 0.2) is 0 Å². The van der Waals surface area contributed by atoms with Crippen molar-refractivity contribution in [3.05, 3.63) is 0 Å². The molecule has 2 saturated heterocycles. The molecule has 0 radical (unpaired) electrons. The van der Waals surface area contributed by atoms with Gasteiger partial charge in [-0.3, -0.25) is 4.90 Å². The molecule has 3 heteroatoms. The van der Waals surface area contributed by atoms with E-state index in [1.54, 1.807) is 0 Å². The van der Waals surface area contributed by atoms with Crippen molar-refractivity contribution < 1.29 is 4.74 Å². The van der Waals surface area contributed by atoms with Crippen LogP contribution in [0.1, 0.15) is 58.8 Å². The van der Waals surface area contributed by atoms with Crippen LogP contribution < -0.4 is 5.73 Å². The number of hydrogen-bond donors (Lipinski definition) is 1. The second kappa shape index (κ2) is 4.94. The maximum absolute atomic E-state index is 7.00. The largest absolute Gasteiger partial charge is 0.377 e. The highest BCUT2D eigenvalue weighted by Crippen LogP contribution is 2.58. The fourth-order valence-electron chi connectivity index (χ4n) is 6.06. The maximum atomic E-state index is 7.00. The third kappa shape index (κ3) is 1.96. The molecule has 5 atom stereocenters. The van der Waals surface area contributed by atoms with E-state index in [2.05, 4.69) is 18.7 Å². The molecule has 0 amide bonds. The Balaban J connectivity index is 1.52. The van der Waals surface area contributed by atoms with Crippen LogP contribution in [-0.2, 0) is 4.74 Å². The van der Waals surface area contributed by atoms with Gasteiger partial charge in [-0.25, -0.2) is 0 Å². The predicted octanol–water partition coefficient (Wildman–Crippen LogP) is 2.78. The summed E-state index contributed by atoms with van der Waals surface area (Å²) in [4.78, 5) is 2.78. The second-order valence-electron chi connectivity index (χ2n) is 8.67. The third-order valence-corrected chi connectivity index (χ3v) is 7.49. The van der Waals surface area contributed by atoms with E-state index in [1.807, 2.05) is 0 Å². The van der Waals surface area contributed by atoms with Crippen LogP contribution >= 0.6 is 0 Å². The highest BCUT2D eigenvalue weighted by Gasteiger charge is 2.68. The molecule has 4 aliphatic rings. The summed E-state index contributed by atoms with van der Waals surface area (Å²) in [5.74, 6) is 1.55. The number of nitrogens with two attached hydrogens (primary N) is 1. The van der Waals surface area contributed by atoms with Crippen molar-refractivity contribution >= 4 is 0 Å². The Kier molecular flexibility index (Phi) is 3.40. The lowest BCUT2D eigenvalue weighted by molar-refractivity contribution is -0.169. The van der Waals surface area contributed by atoms with Crippen molar-refractivity contribution in [2.75, 3.05) is 19.7 Å². The van der Waals surface area contributed by atoms with Crippen molar-refractivity contribution in [1.29, 1.82) is 0 Å². The Labute approximate surface area is 129 Å². The van der Waals surface area contributed by atoms with Crippen molar-refractivity contribution in [3.8, 4) is 0 Å². The molecule has 5 unspecified atom stereocenters. The van der Waals surface area contributed by atoms with Crippen LogP contribution in [0.4, 0.5) is 0 Å². The van der Waals surface area contributed by atoms with Crippen LogP contribution in [0.2, 0.25) is 0 Å². The van der Waals surface area contributed by atoms with Gasteiger partial charge in [-0.1, -0.05) is 26.7 Å². The number of likely N-dealkylation sites (tertiary alicyclic amines) is 1. The first-order valence-electron chi connectivity index (χ1n) is 9.18. The van der Waals surface area contributed by atoms with E-state index in [1.165, 1.54) is 51.5 Å². The molecule has 0 aromatic rings. The molecular formula is C18H32N2O. The lowest BCUT2D eigenvalue weighted by Crippen LogP contribution is -2.78. The highest BCUT2D eigenvalue weighted by atomic mass is 16.5. The number of piperidine rings is 1. The monoisotopic (exact) mass is 292 g/mol. The zero-order valence-electron chi connectivity index (χ0n) is 13.8. The van der Waals surface area contributed by atoms with Crippen LogP contribution in [0, 0.1) is 17.3 Å². The molecule has 2 aliphatic heterocycles. The summed E-state index contributed by atoms with van der Waals surface area (Å²) >= 11 is 0. The van der Waals surface area contributed by atoms with Gasteiger partial charge in [0.1, 0.15) is 0 Å². The van der Waals surface area contributed by atoms with Gasteiger partial charge in [0.15, 0.2) is 0 Å². The number of ether oxygens (including phenoxy) is 1. The molecule has 4 fully saturated rings. The van der Waals surface area contributed by atoms with E-state index in [-0.39, 0.29) is 11.0 Å². The fourth-order valence-corrected chi connectivity index (χ4v) is 6.06. The van der Waals surface area contributed by atoms with Crippen LogP contribution in [0.25, 0.3) is 0 Å². The molecule has 3 nitrogen and oxygen atoms in total. The molecule has 2 saturated carbocycles. The SMILES string of the molecule is CC1(C)C2OCCC2C1(N)CN1CCCC2CCCCC21. The van der Waals surface area contributed by atoms with Gasteiger partial charge < -0.3 is 10.5 Å². The molecule has 2 aliphatic carbocycles. The topological polar surface area (TPSA) is 38.5 Å². The minimum Gasteiger partial charge on any atom is -0.377 e. The minimum atomic E-state index is -0.0342. The molecule has 0 spiro atoms. The molecule has 21 heavy (non-hydrogen) atoms. The smallest absolute Gasteiger partial charge is 0.0691 e. The molecule has 2 N–H and O–H groups in total. The summed E-state index contributed by atoms with van der Waals surface area (Å²) in [7, 11) is 0. The van der Waals surface area contributed by atoms with Crippen molar-refractivity contribution in [2.24, 2.45) is 23.0 Å². The lowest BCUT2D eigenvalue weighted by Gasteiger charge is -2.64. The van der Waals surface area contributed by atoms with E-state index in [0.717, 1.165) is 25.1 Å². The summed E-state index contributed by atoms with van der Waals surface area (Å²) in [6, 6.07) is 0.824. The average Bonchev–Trinajstić information content (AvgIpc) is 2.96. The minimum absolute atomic E-state index is 0.0342. The Hall–Kier alpha value is -0.120. The van der Waals surface area contributed by atoms with Crippen LogP contribution in [0.3, 0.4) is 0 Å². The van der Waals surface area contributed by atoms with Crippen molar-refractivity contribution in [2.45, 2.75) is 76.5 Å². The second-order valence-corrected chi connectivity index (χ2v) is 8.67. The van der Waals surface area contributed by atoms with Crippen molar-refractivity contribution in [1.82, 2.24) is 4.90 Å². The number of nitrogens with zero attached hydrogens (tertiary/aromatic N) is 1. The molecular weight excluding hydrogens is 260 g/mol. The first kappa shape index (κ1) is 14.5. The lowest BCUT2D eigenvalue weighted by atomic mass is 9.48. The standard InChI is InChI=1S/C18H32N2O/c1-17(2)16-14(9-11-21-16)18(17,19)12-20-10-5-7-13-6-3-4-8-15(13)20/h13-16H,3-12,19H2,1-2H3. The normalized spacial score (nSPS) is 49.3. The summed E-state index contributed by atoms with van der Waals surface area (Å²) in [6.45, 7) is 7.97. The quantitative estimate of drug-likeness (QED) is 0.850. The molecule has 0 bridgehead atoms. The van der Waals surface area contributed by atoms with Gasteiger partial charge >= 0.3 is 0 Å². The van der Waals surface area contributed by atoms with Crippen molar-refractivity contribution in [3.63, 3.8) is 0 Å². The first-order valence-corrected chi connectivity index (χ1v) is 9.18. The van der Waals surface area contributed by atoms with E-state index >= 15 is 0 Å². The van der Waals surface area contributed by atoms with E-state index in [0.29, 0.717) is 12.0 Å². The van der Waals surface area contributed by atoms with E-state index < -0.39 is 0 Å². The van der Waals surface area contributed by atoms with E-state index in [9.17, 15) is 0 Å². The molecule has 0 aromatic carbocycles. The summed E-state index contributed by atoms with van der Waals surface area (Å²) in [6.07, 6.45) is 10.2. The van der Waals surface area contributed by atoms with Gasteiger partial charge in [-0.05, 0) is 44.6 Å². The Morgan fingerprint density at radius 2 is 1.86 bits per heavy atom. The van der Waals surface area contributed by atoms with Crippen LogP contribution in [0.5, 0.6) is 0 Å². The Morgan fingerprint density at radius 1 is 1.10 bits per heavy atom. The average molecular weight is 292 g/mol. The Morgan fingerprint density at radius 3 is 2.71 bits per heavy atom. The highest BCUT2D eigenvalue weighted by molar-refractivity contribution is 5.22. The van der Waals surface area contributed by atoms with Gasteiger partial charge in [0, 0.05) is 36.1 Å².